The Kier molecular flexibility index (Phi) is 2.26. The van der Waals surface area contributed by atoms with Gasteiger partial charge in [-0.05, 0) is 0 Å². The molecular weight excluding hydrogens is 208 g/mol. The molecule has 0 aliphatic carbocycles. The first-order valence-corrected chi connectivity index (χ1v) is 4.77. The number of fused-ring (bicyclic) bond motifs is 1. The number of aromatic nitrogens is 3. The molecule has 0 unspecified atom stereocenters. The smallest absolute Gasteiger partial charge is 0.274 e. The van der Waals surface area contributed by atoms with E-state index in [0.717, 1.165) is 0 Å². The van der Waals surface area contributed by atoms with Crippen molar-refractivity contribution in [3.63, 3.8) is 0 Å². The third-order valence-electron chi connectivity index (χ3n) is 2.36. The number of amides is 1. The summed E-state index contributed by atoms with van der Waals surface area (Å²) in [5.41, 5.74) is 0.683. The Morgan fingerprint density at radius 3 is 2.75 bits per heavy atom. The molecule has 2 heterocycles. The van der Waals surface area contributed by atoms with Crippen LogP contribution in [0.4, 0.5) is 0 Å². The fourth-order valence-corrected chi connectivity index (χ4v) is 1.55. The molecule has 0 radical (unpaired) electrons. The van der Waals surface area contributed by atoms with E-state index in [1.807, 2.05) is 0 Å². The lowest BCUT2D eigenvalue weighted by atomic mass is 10.3. The van der Waals surface area contributed by atoms with Gasteiger partial charge >= 0.3 is 0 Å². The van der Waals surface area contributed by atoms with Crippen LogP contribution in [0.5, 0.6) is 0 Å². The first kappa shape index (κ1) is 10.4. The lowest BCUT2D eigenvalue weighted by Gasteiger charge is -2.09. The van der Waals surface area contributed by atoms with Crippen molar-refractivity contribution >= 4 is 11.6 Å². The van der Waals surface area contributed by atoms with Gasteiger partial charge in [0, 0.05) is 33.4 Å². The van der Waals surface area contributed by atoms with Crippen LogP contribution in [0.2, 0.25) is 0 Å². The van der Waals surface area contributed by atoms with Crippen molar-refractivity contribution in [1.29, 1.82) is 0 Å². The summed E-state index contributed by atoms with van der Waals surface area (Å²) in [7, 11) is 5.09. The predicted octanol–water partition coefficient (Wildman–Crippen LogP) is -0.265. The topological polar surface area (TPSA) is 59.6 Å². The maximum atomic E-state index is 11.8. The molecule has 2 aromatic heterocycles. The molecule has 0 fully saturated rings. The van der Waals surface area contributed by atoms with Crippen LogP contribution >= 0.6 is 0 Å². The molecular formula is C10H12N4O2. The number of hydrogen-bond acceptors (Lipinski definition) is 3. The summed E-state index contributed by atoms with van der Waals surface area (Å²) in [4.78, 5) is 24.8. The number of hydrogen-bond donors (Lipinski definition) is 0. The van der Waals surface area contributed by atoms with Gasteiger partial charge in [0.25, 0.3) is 11.5 Å². The quantitative estimate of drug-likeness (QED) is 0.665. The van der Waals surface area contributed by atoms with Gasteiger partial charge in [0.2, 0.25) is 0 Å². The van der Waals surface area contributed by atoms with Gasteiger partial charge in [-0.3, -0.25) is 9.59 Å². The van der Waals surface area contributed by atoms with Crippen molar-refractivity contribution in [2.75, 3.05) is 14.1 Å². The van der Waals surface area contributed by atoms with Crippen LogP contribution in [0.15, 0.2) is 23.3 Å². The monoisotopic (exact) mass is 220 g/mol. The third-order valence-corrected chi connectivity index (χ3v) is 2.36. The highest BCUT2D eigenvalue weighted by molar-refractivity contribution is 5.99. The highest BCUT2D eigenvalue weighted by Gasteiger charge is 2.16. The SMILES string of the molecule is CN(C)C(=O)c1cnn2c(=O)ccn(C)c12. The van der Waals surface area contributed by atoms with Crippen molar-refractivity contribution in [3.8, 4) is 0 Å². The van der Waals surface area contributed by atoms with Crippen LogP contribution in [0.3, 0.4) is 0 Å². The molecule has 0 saturated carbocycles. The highest BCUT2D eigenvalue weighted by atomic mass is 16.2. The molecule has 0 N–H and O–H groups in total. The van der Waals surface area contributed by atoms with Gasteiger partial charge in [-0.25, -0.2) is 0 Å². The molecule has 0 spiro atoms. The molecule has 16 heavy (non-hydrogen) atoms. The Balaban J connectivity index is 2.79. The normalized spacial score (nSPS) is 10.7. The second-order valence-corrected chi connectivity index (χ2v) is 3.76. The van der Waals surface area contributed by atoms with E-state index < -0.39 is 0 Å². The standard InChI is InChI=1S/C10H12N4O2/c1-12(2)10(16)7-6-11-14-8(15)4-5-13(3)9(7)14/h4-6H,1-3H3. The van der Waals surface area contributed by atoms with Gasteiger partial charge in [-0.2, -0.15) is 9.61 Å². The summed E-state index contributed by atoms with van der Waals surface area (Å²) >= 11 is 0. The minimum absolute atomic E-state index is 0.170. The minimum atomic E-state index is -0.245. The van der Waals surface area contributed by atoms with E-state index in [9.17, 15) is 9.59 Å². The Hall–Kier alpha value is -2.11. The molecule has 2 rings (SSSR count). The minimum Gasteiger partial charge on any atom is -0.345 e. The average Bonchev–Trinajstić information content (AvgIpc) is 2.67. The van der Waals surface area contributed by atoms with E-state index in [1.54, 1.807) is 31.9 Å². The lowest BCUT2D eigenvalue weighted by Crippen LogP contribution is -2.23. The first-order valence-electron chi connectivity index (χ1n) is 4.77. The summed E-state index contributed by atoms with van der Waals surface area (Å²) in [5, 5.41) is 3.92. The van der Waals surface area contributed by atoms with Gasteiger partial charge < -0.3 is 9.47 Å². The maximum absolute atomic E-state index is 11.8. The number of nitrogens with zero attached hydrogens (tertiary/aromatic N) is 4. The fourth-order valence-electron chi connectivity index (χ4n) is 1.55. The summed E-state index contributed by atoms with van der Waals surface area (Å²) in [5.74, 6) is -0.170. The third kappa shape index (κ3) is 1.39. The molecule has 0 aliphatic rings. The highest BCUT2D eigenvalue weighted by Crippen LogP contribution is 2.09. The molecule has 0 aliphatic heterocycles. The van der Waals surface area contributed by atoms with Crippen LogP contribution in [-0.2, 0) is 7.05 Å². The second-order valence-electron chi connectivity index (χ2n) is 3.76. The number of carbonyl (C=O) groups excluding carboxylic acids is 1. The van der Waals surface area contributed by atoms with E-state index in [0.29, 0.717) is 11.2 Å². The predicted molar refractivity (Wildman–Crippen MR) is 58.5 cm³/mol. The average molecular weight is 220 g/mol. The zero-order valence-electron chi connectivity index (χ0n) is 9.34. The van der Waals surface area contributed by atoms with Crippen LogP contribution < -0.4 is 5.56 Å². The molecule has 6 heteroatoms. The Bertz CT molecular complexity index is 609. The molecule has 0 atom stereocenters. The number of aryl methyl sites for hydroxylation is 1. The van der Waals surface area contributed by atoms with E-state index in [-0.39, 0.29) is 11.5 Å². The van der Waals surface area contributed by atoms with Crippen molar-refractivity contribution in [2.45, 2.75) is 0 Å². The van der Waals surface area contributed by atoms with Gasteiger partial charge in [0.05, 0.1) is 6.20 Å². The molecule has 0 saturated heterocycles. The van der Waals surface area contributed by atoms with Gasteiger partial charge in [0.1, 0.15) is 5.56 Å². The van der Waals surface area contributed by atoms with Crippen LogP contribution in [0, 0.1) is 0 Å². The zero-order valence-corrected chi connectivity index (χ0v) is 9.34. The second kappa shape index (κ2) is 3.48. The summed E-state index contributed by atoms with van der Waals surface area (Å²) < 4.78 is 2.92. The Morgan fingerprint density at radius 2 is 2.12 bits per heavy atom. The van der Waals surface area contributed by atoms with E-state index >= 15 is 0 Å². The fraction of sp³-hybridized carbons (Fsp3) is 0.300. The van der Waals surface area contributed by atoms with Crippen molar-refractivity contribution in [1.82, 2.24) is 19.1 Å². The van der Waals surface area contributed by atoms with Crippen molar-refractivity contribution < 1.29 is 4.79 Å². The van der Waals surface area contributed by atoms with Crippen LogP contribution in [-0.4, -0.2) is 39.1 Å². The van der Waals surface area contributed by atoms with Crippen LogP contribution in [0.25, 0.3) is 5.65 Å². The Labute approximate surface area is 91.7 Å². The summed E-state index contributed by atoms with van der Waals surface area (Å²) in [6, 6.07) is 1.41. The number of carbonyl (C=O) groups is 1. The molecule has 1 amide bonds. The van der Waals surface area contributed by atoms with E-state index in [2.05, 4.69) is 5.10 Å². The molecule has 6 nitrogen and oxygen atoms in total. The van der Waals surface area contributed by atoms with Gasteiger partial charge in [-0.15, -0.1) is 0 Å². The molecule has 84 valence electrons. The Morgan fingerprint density at radius 1 is 1.44 bits per heavy atom. The number of rotatable bonds is 1. The van der Waals surface area contributed by atoms with Gasteiger partial charge in [0.15, 0.2) is 5.65 Å². The summed E-state index contributed by atoms with van der Waals surface area (Å²) in [6.45, 7) is 0. The van der Waals surface area contributed by atoms with Crippen molar-refractivity contribution in [2.24, 2.45) is 7.05 Å². The van der Waals surface area contributed by atoms with Crippen LogP contribution in [0.1, 0.15) is 10.4 Å². The largest absolute Gasteiger partial charge is 0.345 e. The summed E-state index contributed by atoms with van der Waals surface area (Å²) in [6.07, 6.45) is 3.03. The maximum Gasteiger partial charge on any atom is 0.274 e. The molecule has 0 bridgehead atoms. The lowest BCUT2D eigenvalue weighted by molar-refractivity contribution is 0.0829. The molecule has 0 aromatic carbocycles. The molecule has 2 aromatic rings. The van der Waals surface area contributed by atoms with Gasteiger partial charge in [-0.1, -0.05) is 0 Å². The van der Waals surface area contributed by atoms with E-state index in [1.165, 1.54) is 21.7 Å². The first-order chi connectivity index (χ1) is 7.52. The zero-order chi connectivity index (χ0) is 11.9. The van der Waals surface area contributed by atoms with Crippen molar-refractivity contribution in [3.05, 3.63) is 34.4 Å². The van der Waals surface area contributed by atoms with E-state index in [4.69, 9.17) is 0 Å².